The quantitative estimate of drug-likeness (QED) is 0.866. The number of anilines is 1. The van der Waals surface area contributed by atoms with Gasteiger partial charge >= 0.3 is 0 Å². The monoisotopic (exact) mass is 275 g/mol. The highest BCUT2D eigenvalue weighted by Crippen LogP contribution is 2.16. The van der Waals surface area contributed by atoms with Gasteiger partial charge < -0.3 is 15.5 Å². The van der Waals surface area contributed by atoms with Crippen LogP contribution in [-0.2, 0) is 11.3 Å². The lowest BCUT2D eigenvalue weighted by molar-refractivity contribution is -0.114. The summed E-state index contributed by atoms with van der Waals surface area (Å²) in [5.74, 6) is -0.0236. The lowest BCUT2D eigenvalue weighted by atomic mass is 10.0. The Morgan fingerprint density at radius 3 is 2.90 bits per heavy atom. The van der Waals surface area contributed by atoms with E-state index in [-0.39, 0.29) is 5.91 Å². The van der Waals surface area contributed by atoms with Crippen molar-refractivity contribution in [1.29, 1.82) is 0 Å². The van der Waals surface area contributed by atoms with Gasteiger partial charge in [-0.25, -0.2) is 0 Å². The lowest BCUT2D eigenvalue weighted by Crippen LogP contribution is -2.42. The van der Waals surface area contributed by atoms with Gasteiger partial charge in [-0.1, -0.05) is 24.6 Å². The molecular weight excluding hydrogens is 250 g/mol. The molecule has 1 unspecified atom stereocenters. The maximum Gasteiger partial charge on any atom is 0.221 e. The maximum atomic E-state index is 11.2. The van der Waals surface area contributed by atoms with Crippen molar-refractivity contribution in [3.05, 3.63) is 29.8 Å². The molecule has 0 spiro atoms. The summed E-state index contributed by atoms with van der Waals surface area (Å²) in [7, 11) is 2.21. The number of amides is 1. The molecule has 1 aromatic carbocycles. The fraction of sp³-hybridized carbons (Fsp3) is 0.562. The topological polar surface area (TPSA) is 44.4 Å². The molecule has 0 bridgehead atoms. The normalized spacial score (nSPS) is 19.8. The van der Waals surface area contributed by atoms with Gasteiger partial charge in [-0.05, 0) is 38.1 Å². The Morgan fingerprint density at radius 1 is 1.35 bits per heavy atom. The van der Waals surface area contributed by atoms with Crippen LogP contribution in [0.15, 0.2) is 24.3 Å². The Labute approximate surface area is 121 Å². The molecule has 1 atom stereocenters. The van der Waals surface area contributed by atoms with Crippen molar-refractivity contribution in [3.8, 4) is 0 Å². The van der Waals surface area contributed by atoms with Crippen molar-refractivity contribution in [2.75, 3.05) is 25.5 Å². The SMILES string of the molecule is CC(=O)Nc1ccccc1CNCC1CCCCN1C. The summed E-state index contributed by atoms with van der Waals surface area (Å²) < 4.78 is 0. The van der Waals surface area contributed by atoms with Crippen LogP contribution in [-0.4, -0.2) is 37.0 Å². The van der Waals surface area contributed by atoms with E-state index in [0.717, 1.165) is 24.3 Å². The molecule has 1 aliphatic rings. The van der Waals surface area contributed by atoms with Crippen LogP contribution in [0.3, 0.4) is 0 Å². The Balaban J connectivity index is 1.85. The van der Waals surface area contributed by atoms with Gasteiger partial charge in [-0.15, -0.1) is 0 Å². The first-order valence-electron chi connectivity index (χ1n) is 7.43. The number of nitrogens with zero attached hydrogens (tertiary/aromatic N) is 1. The first-order chi connectivity index (χ1) is 9.66. The number of likely N-dealkylation sites (tertiary alicyclic amines) is 1. The number of hydrogen-bond donors (Lipinski definition) is 2. The summed E-state index contributed by atoms with van der Waals surface area (Å²) in [6, 6.07) is 8.60. The summed E-state index contributed by atoms with van der Waals surface area (Å²) in [4.78, 5) is 13.6. The Bertz CT molecular complexity index is 447. The van der Waals surface area contributed by atoms with E-state index in [9.17, 15) is 4.79 Å². The van der Waals surface area contributed by atoms with Gasteiger partial charge in [-0.2, -0.15) is 0 Å². The highest BCUT2D eigenvalue weighted by atomic mass is 16.1. The second-order valence-corrected chi connectivity index (χ2v) is 5.60. The smallest absolute Gasteiger partial charge is 0.221 e. The number of para-hydroxylation sites is 1. The molecule has 4 heteroatoms. The van der Waals surface area contributed by atoms with E-state index in [0.29, 0.717) is 6.04 Å². The summed E-state index contributed by atoms with van der Waals surface area (Å²) in [5.41, 5.74) is 2.05. The van der Waals surface area contributed by atoms with Gasteiger partial charge in [0.2, 0.25) is 5.91 Å². The van der Waals surface area contributed by atoms with E-state index < -0.39 is 0 Å². The molecule has 2 N–H and O–H groups in total. The number of piperidine rings is 1. The molecule has 4 nitrogen and oxygen atoms in total. The average molecular weight is 275 g/mol. The van der Waals surface area contributed by atoms with Crippen molar-refractivity contribution in [2.45, 2.75) is 38.8 Å². The molecule has 1 fully saturated rings. The molecule has 1 aliphatic heterocycles. The van der Waals surface area contributed by atoms with E-state index in [2.05, 4.69) is 28.6 Å². The van der Waals surface area contributed by atoms with Crippen molar-refractivity contribution < 1.29 is 4.79 Å². The molecule has 1 aromatic rings. The lowest BCUT2D eigenvalue weighted by Gasteiger charge is -2.32. The van der Waals surface area contributed by atoms with Crippen molar-refractivity contribution in [1.82, 2.24) is 10.2 Å². The number of rotatable bonds is 5. The number of carbonyl (C=O) groups excluding carboxylic acids is 1. The highest BCUT2D eigenvalue weighted by Gasteiger charge is 2.18. The summed E-state index contributed by atoms with van der Waals surface area (Å²) in [5, 5.41) is 6.40. The van der Waals surface area contributed by atoms with Crippen molar-refractivity contribution in [2.24, 2.45) is 0 Å². The number of carbonyl (C=O) groups is 1. The molecule has 0 saturated carbocycles. The summed E-state index contributed by atoms with van der Waals surface area (Å²) in [6.07, 6.45) is 3.92. The van der Waals surface area contributed by atoms with E-state index in [1.54, 1.807) is 6.92 Å². The zero-order valence-corrected chi connectivity index (χ0v) is 12.5. The minimum Gasteiger partial charge on any atom is -0.326 e. The predicted octanol–water partition coefficient (Wildman–Crippen LogP) is 2.22. The Morgan fingerprint density at radius 2 is 2.15 bits per heavy atom. The Hall–Kier alpha value is -1.39. The molecule has 0 aromatic heterocycles. The fourth-order valence-corrected chi connectivity index (χ4v) is 2.76. The fourth-order valence-electron chi connectivity index (χ4n) is 2.76. The van der Waals surface area contributed by atoms with Gasteiger partial charge in [0.25, 0.3) is 0 Å². The average Bonchev–Trinajstić information content (AvgIpc) is 2.42. The molecule has 1 amide bonds. The largest absolute Gasteiger partial charge is 0.326 e. The molecule has 2 rings (SSSR count). The van der Waals surface area contributed by atoms with Crippen LogP contribution in [0.2, 0.25) is 0 Å². The maximum absolute atomic E-state index is 11.2. The van der Waals surface area contributed by atoms with Crippen molar-refractivity contribution in [3.63, 3.8) is 0 Å². The molecule has 0 aliphatic carbocycles. The van der Waals surface area contributed by atoms with Gasteiger partial charge in [-0.3, -0.25) is 4.79 Å². The van der Waals surface area contributed by atoms with Crippen molar-refractivity contribution >= 4 is 11.6 Å². The van der Waals surface area contributed by atoms with Crippen LogP contribution in [0.4, 0.5) is 5.69 Å². The second-order valence-electron chi connectivity index (χ2n) is 5.60. The van der Waals surface area contributed by atoms with Gasteiger partial charge in [0.1, 0.15) is 0 Å². The third-order valence-electron chi connectivity index (χ3n) is 3.94. The van der Waals surface area contributed by atoms with Gasteiger partial charge in [0, 0.05) is 31.7 Å². The summed E-state index contributed by atoms with van der Waals surface area (Å²) >= 11 is 0. The molecule has 110 valence electrons. The zero-order chi connectivity index (χ0) is 14.4. The van der Waals surface area contributed by atoms with Gasteiger partial charge in [0.05, 0.1) is 0 Å². The number of benzene rings is 1. The third kappa shape index (κ3) is 4.32. The van der Waals surface area contributed by atoms with E-state index in [1.807, 2.05) is 18.2 Å². The standard InChI is InChI=1S/C16H25N3O/c1-13(20)18-16-9-4-3-7-14(16)11-17-12-15-8-5-6-10-19(15)2/h3-4,7,9,15,17H,5-6,8,10-12H2,1-2H3,(H,18,20). The minimum atomic E-state index is -0.0236. The first kappa shape index (κ1) is 15.0. The highest BCUT2D eigenvalue weighted by molar-refractivity contribution is 5.89. The van der Waals surface area contributed by atoms with Crippen LogP contribution >= 0.6 is 0 Å². The molecule has 20 heavy (non-hydrogen) atoms. The van der Waals surface area contributed by atoms with Gasteiger partial charge in [0.15, 0.2) is 0 Å². The molecule has 1 heterocycles. The number of nitrogens with one attached hydrogen (secondary N) is 2. The number of hydrogen-bond acceptors (Lipinski definition) is 3. The second kappa shape index (κ2) is 7.41. The predicted molar refractivity (Wildman–Crippen MR) is 82.7 cm³/mol. The third-order valence-corrected chi connectivity index (χ3v) is 3.94. The van der Waals surface area contributed by atoms with Crippen LogP contribution in [0.1, 0.15) is 31.7 Å². The minimum absolute atomic E-state index is 0.0236. The zero-order valence-electron chi connectivity index (χ0n) is 12.5. The first-order valence-corrected chi connectivity index (χ1v) is 7.43. The molecule has 0 radical (unpaired) electrons. The summed E-state index contributed by atoms with van der Waals surface area (Å²) in [6.45, 7) is 4.54. The molecule has 1 saturated heterocycles. The van der Waals surface area contributed by atoms with Crippen LogP contribution in [0.5, 0.6) is 0 Å². The van der Waals surface area contributed by atoms with Crippen LogP contribution in [0.25, 0.3) is 0 Å². The van der Waals surface area contributed by atoms with E-state index in [1.165, 1.54) is 25.8 Å². The Kier molecular flexibility index (Phi) is 5.56. The van der Waals surface area contributed by atoms with Crippen LogP contribution < -0.4 is 10.6 Å². The number of likely N-dealkylation sites (N-methyl/N-ethyl adjacent to an activating group) is 1. The van der Waals surface area contributed by atoms with E-state index >= 15 is 0 Å². The molecular formula is C16H25N3O. The van der Waals surface area contributed by atoms with E-state index in [4.69, 9.17) is 0 Å². The van der Waals surface area contributed by atoms with Crippen LogP contribution in [0, 0.1) is 0 Å².